The number of fused-ring (bicyclic) bond motifs is 2. The lowest BCUT2D eigenvalue weighted by Gasteiger charge is -2.41. The molecular weight excluding hydrogens is 352 g/mol. The number of carbonyl (C=O) groups is 2. The highest BCUT2D eigenvalue weighted by atomic mass is 16.2. The van der Waals surface area contributed by atoms with Crippen LogP contribution in [0.15, 0.2) is 24.3 Å². The first-order valence-electron chi connectivity index (χ1n) is 10.3. The summed E-state index contributed by atoms with van der Waals surface area (Å²) in [6.45, 7) is 3.11. The molecule has 6 heteroatoms. The van der Waals surface area contributed by atoms with Gasteiger partial charge in [0.2, 0.25) is 5.91 Å². The Balaban J connectivity index is 1.67. The summed E-state index contributed by atoms with van der Waals surface area (Å²) < 4.78 is 0. The molecule has 1 aromatic carbocycles. The van der Waals surface area contributed by atoms with Gasteiger partial charge in [0.1, 0.15) is 0 Å². The molecule has 0 bridgehead atoms. The maximum Gasteiger partial charge on any atom is 0.319 e. The van der Waals surface area contributed by atoms with E-state index in [2.05, 4.69) is 34.5 Å². The SMILES string of the molecule is CN(C)CCNC(=O)CC1CC2(CCN(C(=O)N(C)C)CC2)c2ccccc21. The Hall–Kier alpha value is -2.08. The third-order valence-electron chi connectivity index (χ3n) is 6.30. The van der Waals surface area contributed by atoms with Crippen LogP contribution in [0.1, 0.15) is 42.7 Å². The minimum atomic E-state index is 0.0953. The zero-order valence-electron chi connectivity index (χ0n) is 17.7. The molecule has 3 rings (SSSR count). The summed E-state index contributed by atoms with van der Waals surface area (Å²) in [5.74, 6) is 0.408. The lowest BCUT2D eigenvalue weighted by Crippen LogP contribution is -2.47. The lowest BCUT2D eigenvalue weighted by molar-refractivity contribution is -0.121. The van der Waals surface area contributed by atoms with Crippen molar-refractivity contribution in [3.63, 3.8) is 0 Å². The molecule has 1 fully saturated rings. The molecule has 28 heavy (non-hydrogen) atoms. The highest BCUT2D eigenvalue weighted by Gasteiger charge is 2.46. The van der Waals surface area contributed by atoms with Crippen molar-refractivity contribution in [3.05, 3.63) is 35.4 Å². The normalized spacial score (nSPS) is 20.3. The number of likely N-dealkylation sites (N-methyl/N-ethyl adjacent to an activating group) is 1. The van der Waals surface area contributed by atoms with Crippen molar-refractivity contribution in [2.75, 3.05) is 54.4 Å². The van der Waals surface area contributed by atoms with E-state index >= 15 is 0 Å². The number of nitrogens with zero attached hydrogens (tertiary/aromatic N) is 3. The number of urea groups is 1. The highest BCUT2D eigenvalue weighted by molar-refractivity contribution is 5.77. The number of hydrogen-bond donors (Lipinski definition) is 1. The topological polar surface area (TPSA) is 55.9 Å². The molecular formula is C22H34N4O2. The minimum absolute atomic E-state index is 0.0953. The summed E-state index contributed by atoms with van der Waals surface area (Å²) in [5.41, 5.74) is 2.84. The Kier molecular flexibility index (Phi) is 6.28. The number of nitrogens with one attached hydrogen (secondary N) is 1. The van der Waals surface area contributed by atoms with Crippen molar-refractivity contribution in [3.8, 4) is 0 Å². The van der Waals surface area contributed by atoms with Gasteiger partial charge in [0.25, 0.3) is 0 Å². The van der Waals surface area contributed by atoms with Crippen molar-refractivity contribution in [2.45, 2.75) is 37.0 Å². The fraction of sp³-hybridized carbons (Fsp3) is 0.636. The van der Waals surface area contributed by atoms with Gasteiger partial charge >= 0.3 is 6.03 Å². The average molecular weight is 387 g/mol. The van der Waals surface area contributed by atoms with Crippen LogP contribution >= 0.6 is 0 Å². The van der Waals surface area contributed by atoms with Crippen LogP contribution in [0, 0.1) is 0 Å². The van der Waals surface area contributed by atoms with Gasteiger partial charge in [-0.05, 0) is 55.8 Å². The molecule has 154 valence electrons. The molecule has 1 atom stereocenters. The van der Waals surface area contributed by atoms with Crippen LogP contribution in [0.4, 0.5) is 4.79 Å². The number of carbonyl (C=O) groups excluding carboxylic acids is 2. The zero-order chi connectivity index (χ0) is 20.3. The summed E-state index contributed by atoms with van der Waals surface area (Å²) in [6.07, 6.45) is 3.51. The van der Waals surface area contributed by atoms with Crippen LogP contribution in [0.2, 0.25) is 0 Å². The Labute approximate surface area is 168 Å². The Morgan fingerprint density at radius 2 is 1.82 bits per heavy atom. The van der Waals surface area contributed by atoms with Gasteiger partial charge in [-0.1, -0.05) is 24.3 Å². The van der Waals surface area contributed by atoms with Gasteiger partial charge in [0.05, 0.1) is 0 Å². The lowest BCUT2D eigenvalue weighted by atomic mass is 9.73. The molecule has 1 heterocycles. The second-order valence-electron chi connectivity index (χ2n) is 8.79. The van der Waals surface area contributed by atoms with E-state index < -0.39 is 0 Å². The number of rotatable bonds is 5. The van der Waals surface area contributed by atoms with Gasteiger partial charge in [0.15, 0.2) is 0 Å². The van der Waals surface area contributed by atoms with Gasteiger partial charge in [-0.3, -0.25) is 4.79 Å². The first-order valence-corrected chi connectivity index (χ1v) is 10.3. The summed E-state index contributed by atoms with van der Waals surface area (Å²) >= 11 is 0. The molecule has 1 aliphatic carbocycles. The predicted molar refractivity (Wildman–Crippen MR) is 112 cm³/mol. The first kappa shape index (κ1) is 20.6. The molecule has 3 amide bonds. The summed E-state index contributed by atoms with van der Waals surface area (Å²) in [7, 11) is 7.64. The number of likely N-dealkylation sites (tertiary alicyclic amines) is 1. The van der Waals surface area contributed by atoms with Gasteiger partial charge < -0.3 is 20.0 Å². The molecule has 1 saturated heterocycles. The van der Waals surface area contributed by atoms with Crippen molar-refractivity contribution in [1.29, 1.82) is 0 Å². The van der Waals surface area contributed by atoms with Crippen molar-refractivity contribution >= 4 is 11.9 Å². The highest BCUT2D eigenvalue weighted by Crippen LogP contribution is 2.52. The summed E-state index contributed by atoms with van der Waals surface area (Å²) in [6, 6.07) is 8.72. The van der Waals surface area contributed by atoms with Crippen LogP contribution in [-0.4, -0.2) is 81.0 Å². The summed E-state index contributed by atoms with van der Waals surface area (Å²) in [5, 5.41) is 3.06. The molecule has 1 aromatic rings. The Bertz CT molecular complexity index is 708. The molecule has 1 spiro atoms. The number of amides is 3. The number of benzene rings is 1. The average Bonchev–Trinajstić information content (AvgIpc) is 2.95. The van der Waals surface area contributed by atoms with Gasteiger partial charge in [-0.25, -0.2) is 4.79 Å². The third-order valence-corrected chi connectivity index (χ3v) is 6.30. The third kappa shape index (κ3) is 4.32. The maximum atomic E-state index is 12.5. The molecule has 1 unspecified atom stereocenters. The molecule has 0 aromatic heterocycles. The van der Waals surface area contributed by atoms with Crippen LogP contribution in [0.25, 0.3) is 0 Å². The van der Waals surface area contributed by atoms with Gasteiger partial charge in [-0.2, -0.15) is 0 Å². The van der Waals surface area contributed by atoms with Crippen LogP contribution in [0.3, 0.4) is 0 Å². The minimum Gasteiger partial charge on any atom is -0.355 e. The van der Waals surface area contributed by atoms with E-state index in [1.807, 2.05) is 33.1 Å². The summed E-state index contributed by atoms with van der Waals surface area (Å²) in [4.78, 5) is 30.5. The number of piperidine rings is 1. The monoisotopic (exact) mass is 386 g/mol. The van der Waals surface area contributed by atoms with E-state index in [9.17, 15) is 9.59 Å². The van der Waals surface area contributed by atoms with Gasteiger partial charge in [-0.15, -0.1) is 0 Å². The molecule has 0 radical (unpaired) electrons. The molecule has 2 aliphatic rings. The van der Waals surface area contributed by atoms with Crippen molar-refractivity contribution in [2.24, 2.45) is 0 Å². The molecule has 1 N–H and O–H groups in total. The van der Waals surface area contributed by atoms with E-state index in [1.165, 1.54) is 11.1 Å². The van der Waals surface area contributed by atoms with Crippen LogP contribution in [-0.2, 0) is 10.2 Å². The predicted octanol–water partition coefficient (Wildman–Crippen LogP) is 2.26. The van der Waals surface area contributed by atoms with E-state index in [0.29, 0.717) is 13.0 Å². The first-order chi connectivity index (χ1) is 13.3. The van der Waals surface area contributed by atoms with E-state index in [4.69, 9.17) is 0 Å². The van der Waals surface area contributed by atoms with Crippen molar-refractivity contribution < 1.29 is 9.59 Å². The van der Waals surface area contributed by atoms with E-state index in [0.717, 1.165) is 38.9 Å². The standard InChI is InChI=1S/C22H34N4O2/c1-24(2)14-11-23-20(27)15-17-16-22(19-8-6-5-7-18(17)19)9-12-26(13-10-22)21(28)25(3)4/h5-8,17H,9-16H2,1-4H3,(H,23,27). The van der Waals surface area contributed by atoms with Crippen LogP contribution < -0.4 is 5.32 Å². The fourth-order valence-electron chi connectivity index (χ4n) is 4.81. The van der Waals surface area contributed by atoms with Gasteiger partial charge in [0, 0.05) is 46.7 Å². The molecule has 0 saturated carbocycles. The molecule has 1 aliphatic heterocycles. The zero-order valence-corrected chi connectivity index (χ0v) is 17.7. The van der Waals surface area contributed by atoms with Crippen LogP contribution in [0.5, 0.6) is 0 Å². The fourth-order valence-corrected chi connectivity index (χ4v) is 4.81. The van der Waals surface area contributed by atoms with Crippen molar-refractivity contribution in [1.82, 2.24) is 20.0 Å². The van der Waals surface area contributed by atoms with E-state index in [-0.39, 0.29) is 23.3 Å². The smallest absolute Gasteiger partial charge is 0.319 e. The second kappa shape index (κ2) is 8.52. The molecule has 6 nitrogen and oxygen atoms in total. The number of hydrogen-bond acceptors (Lipinski definition) is 3. The Morgan fingerprint density at radius 3 is 2.46 bits per heavy atom. The second-order valence-corrected chi connectivity index (χ2v) is 8.79. The maximum absolute atomic E-state index is 12.5. The quantitative estimate of drug-likeness (QED) is 0.845. The Morgan fingerprint density at radius 1 is 1.14 bits per heavy atom. The van der Waals surface area contributed by atoms with E-state index in [1.54, 1.807) is 4.90 Å². The largest absolute Gasteiger partial charge is 0.355 e.